The van der Waals surface area contributed by atoms with Crippen molar-refractivity contribution in [2.45, 2.75) is 23.5 Å². The summed E-state index contributed by atoms with van der Waals surface area (Å²) in [5, 5.41) is 4.11. The molecule has 0 bridgehead atoms. The van der Waals surface area contributed by atoms with Crippen LogP contribution in [0.1, 0.15) is 6.92 Å². The van der Waals surface area contributed by atoms with E-state index in [1.54, 1.807) is 6.26 Å². The Kier molecular flexibility index (Phi) is 4.93. The first-order chi connectivity index (χ1) is 14.7. The molecule has 3 aromatic heterocycles. The van der Waals surface area contributed by atoms with Gasteiger partial charge in [0.25, 0.3) is 0 Å². The third-order valence-electron chi connectivity index (χ3n) is 4.75. The van der Waals surface area contributed by atoms with Gasteiger partial charge in [-0.25, -0.2) is 15.0 Å². The molecule has 5 rings (SSSR count). The van der Waals surface area contributed by atoms with Gasteiger partial charge >= 0.3 is 0 Å². The summed E-state index contributed by atoms with van der Waals surface area (Å²) in [6.07, 6.45) is 3.11. The highest BCUT2D eigenvalue weighted by Crippen LogP contribution is 2.45. The van der Waals surface area contributed by atoms with Crippen molar-refractivity contribution >= 4 is 28.7 Å². The zero-order valence-corrected chi connectivity index (χ0v) is 17.1. The zero-order valence-electron chi connectivity index (χ0n) is 16.3. The number of imidazole rings is 1. The molecule has 0 amide bonds. The van der Waals surface area contributed by atoms with Crippen LogP contribution in [-0.4, -0.2) is 39.4 Å². The summed E-state index contributed by atoms with van der Waals surface area (Å²) in [4.78, 5) is 14.2. The molecule has 10 heteroatoms. The summed E-state index contributed by atoms with van der Waals surface area (Å²) in [5.74, 6) is 2.50. The van der Waals surface area contributed by atoms with E-state index in [-0.39, 0.29) is 6.79 Å². The lowest BCUT2D eigenvalue weighted by Crippen LogP contribution is -2.19. The maximum Gasteiger partial charge on any atom is 0.231 e. The van der Waals surface area contributed by atoms with Crippen molar-refractivity contribution < 1.29 is 13.9 Å². The van der Waals surface area contributed by atoms with E-state index in [1.165, 1.54) is 18.1 Å². The minimum Gasteiger partial charge on any atom is -0.464 e. The molecule has 1 aliphatic heterocycles. The summed E-state index contributed by atoms with van der Waals surface area (Å²) < 4.78 is 18.9. The van der Waals surface area contributed by atoms with Gasteiger partial charge in [0.2, 0.25) is 6.79 Å². The van der Waals surface area contributed by atoms with E-state index in [9.17, 15) is 0 Å². The van der Waals surface area contributed by atoms with Gasteiger partial charge in [0.15, 0.2) is 33.6 Å². The van der Waals surface area contributed by atoms with Crippen molar-refractivity contribution in [1.29, 1.82) is 0 Å². The maximum absolute atomic E-state index is 6.06. The normalized spacial score (nSPS) is 12.7. The molecule has 4 aromatic rings. The number of aromatic nitrogens is 4. The molecule has 9 nitrogen and oxygen atoms in total. The third-order valence-corrected chi connectivity index (χ3v) is 5.80. The van der Waals surface area contributed by atoms with Gasteiger partial charge in [0.1, 0.15) is 12.1 Å². The van der Waals surface area contributed by atoms with E-state index in [0.717, 1.165) is 34.5 Å². The van der Waals surface area contributed by atoms with Crippen molar-refractivity contribution in [2.24, 2.45) is 0 Å². The molecule has 0 spiro atoms. The standard InChI is InChI=1S/C20H20N6O3S/c1-2-22-5-6-26-19-17(18(21)23-10-24-19)25-20(26)30-16-9-15-14(28-11-29-15)8-12(16)13-4-3-7-27-13/h3-4,7-10,22H,2,5-6,11H2,1H3,(H2,21,23,24). The van der Waals surface area contributed by atoms with Crippen LogP contribution in [0.2, 0.25) is 0 Å². The van der Waals surface area contributed by atoms with E-state index in [2.05, 4.69) is 26.8 Å². The molecule has 0 saturated carbocycles. The Morgan fingerprint density at radius 2 is 2.10 bits per heavy atom. The van der Waals surface area contributed by atoms with Crippen LogP contribution < -0.4 is 20.5 Å². The first-order valence-corrected chi connectivity index (χ1v) is 10.4. The van der Waals surface area contributed by atoms with Gasteiger partial charge in [0.05, 0.1) is 6.26 Å². The topological polar surface area (TPSA) is 113 Å². The molecular formula is C20H20N6O3S. The number of furan rings is 1. The third kappa shape index (κ3) is 3.33. The van der Waals surface area contributed by atoms with E-state index in [0.29, 0.717) is 35.0 Å². The number of ether oxygens (including phenoxy) is 2. The summed E-state index contributed by atoms with van der Waals surface area (Å²) in [7, 11) is 0. The minimum absolute atomic E-state index is 0.203. The van der Waals surface area contributed by atoms with Crippen molar-refractivity contribution in [2.75, 3.05) is 25.6 Å². The first kappa shape index (κ1) is 18.8. The molecule has 0 aliphatic carbocycles. The number of benzene rings is 1. The predicted molar refractivity (Wildman–Crippen MR) is 113 cm³/mol. The second kappa shape index (κ2) is 7.88. The van der Waals surface area contributed by atoms with Gasteiger partial charge in [-0.3, -0.25) is 0 Å². The second-order valence-corrected chi connectivity index (χ2v) is 7.62. The van der Waals surface area contributed by atoms with E-state index >= 15 is 0 Å². The fourth-order valence-corrected chi connectivity index (χ4v) is 4.37. The number of hydrogen-bond acceptors (Lipinski definition) is 9. The van der Waals surface area contributed by atoms with Gasteiger partial charge in [-0.1, -0.05) is 18.7 Å². The number of nitrogens with two attached hydrogens (primary N) is 1. The Labute approximate surface area is 176 Å². The number of fused-ring (bicyclic) bond motifs is 2. The van der Waals surface area contributed by atoms with Gasteiger partial charge in [-0.2, -0.15) is 0 Å². The average Bonchev–Trinajstić information content (AvgIpc) is 3.48. The molecule has 0 unspecified atom stereocenters. The number of rotatable bonds is 7. The molecular weight excluding hydrogens is 404 g/mol. The van der Waals surface area contributed by atoms with Crippen LogP contribution in [0, 0.1) is 0 Å². The molecule has 0 atom stereocenters. The number of likely N-dealkylation sites (N-methyl/N-ethyl adjacent to an activating group) is 1. The summed E-state index contributed by atoms with van der Waals surface area (Å²) in [5.41, 5.74) is 8.27. The Bertz CT molecular complexity index is 1190. The van der Waals surface area contributed by atoms with Crippen LogP contribution in [0.5, 0.6) is 11.5 Å². The van der Waals surface area contributed by atoms with Crippen molar-refractivity contribution in [1.82, 2.24) is 24.8 Å². The number of nitrogen functional groups attached to an aromatic ring is 1. The van der Waals surface area contributed by atoms with E-state index in [1.807, 2.05) is 24.3 Å². The van der Waals surface area contributed by atoms with Crippen LogP contribution in [0.25, 0.3) is 22.5 Å². The number of nitrogens with zero attached hydrogens (tertiary/aromatic N) is 4. The first-order valence-electron chi connectivity index (χ1n) is 9.57. The lowest BCUT2D eigenvalue weighted by Gasteiger charge is -2.11. The molecule has 154 valence electrons. The quantitative estimate of drug-likeness (QED) is 0.432. The largest absolute Gasteiger partial charge is 0.464 e. The Morgan fingerprint density at radius 1 is 1.23 bits per heavy atom. The molecule has 3 N–H and O–H groups in total. The van der Waals surface area contributed by atoms with Crippen LogP contribution >= 0.6 is 11.8 Å². The van der Waals surface area contributed by atoms with Gasteiger partial charge in [-0.15, -0.1) is 0 Å². The fraction of sp³-hybridized carbons (Fsp3) is 0.250. The van der Waals surface area contributed by atoms with Crippen molar-refractivity contribution in [3.63, 3.8) is 0 Å². The van der Waals surface area contributed by atoms with E-state index in [4.69, 9.17) is 24.6 Å². The van der Waals surface area contributed by atoms with E-state index < -0.39 is 0 Å². The van der Waals surface area contributed by atoms with Crippen LogP contribution in [-0.2, 0) is 6.54 Å². The lowest BCUT2D eigenvalue weighted by atomic mass is 10.1. The predicted octanol–water partition coefficient (Wildman–Crippen LogP) is 3.16. The van der Waals surface area contributed by atoms with Gasteiger partial charge in [0, 0.05) is 23.5 Å². The second-order valence-electron chi connectivity index (χ2n) is 6.61. The summed E-state index contributed by atoms with van der Waals surface area (Å²) >= 11 is 1.50. The average molecular weight is 424 g/mol. The minimum atomic E-state index is 0.203. The molecule has 1 aliphatic rings. The molecule has 4 heterocycles. The van der Waals surface area contributed by atoms with Crippen LogP contribution in [0.4, 0.5) is 5.82 Å². The van der Waals surface area contributed by atoms with Gasteiger partial charge < -0.3 is 29.5 Å². The Hall–Kier alpha value is -3.24. The lowest BCUT2D eigenvalue weighted by molar-refractivity contribution is 0.174. The molecule has 30 heavy (non-hydrogen) atoms. The Balaban J connectivity index is 1.60. The smallest absolute Gasteiger partial charge is 0.231 e. The monoisotopic (exact) mass is 424 g/mol. The maximum atomic E-state index is 6.06. The number of nitrogens with one attached hydrogen (secondary N) is 1. The Morgan fingerprint density at radius 3 is 2.90 bits per heavy atom. The molecule has 1 aromatic carbocycles. The molecule has 0 fully saturated rings. The number of hydrogen-bond donors (Lipinski definition) is 2. The highest BCUT2D eigenvalue weighted by molar-refractivity contribution is 7.99. The number of anilines is 1. The van der Waals surface area contributed by atoms with Crippen molar-refractivity contribution in [3.8, 4) is 22.8 Å². The fourth-order valence-electron chi connectivity index (χ4n) is 3.31. The molecule has 0 saturated heterocycles. The summed E-state index contributed by atoms with van der Waals surface area (Å²) in [6, 6.07) is 7.66. The van der Waals surface area contributed by atoms with Crippen LogP contribution in [0.15, 0.2) is 51.3 Å². The highest BCUT2D eigenvalue weighted by Gasteiger charge is 2.23. The summed E-state index contributed by atoms with van der Waals surface area (Å²) in [6.45, 7) is 4.64. The van der Waals surface area contributed by atoms with Crippen LogP contribution in [0.3, 0.4) is 0 Å². The SMILES string of the molecule is CCNCCn1c(Sc2cc3c(cc2-c2ccco2)OCO3)nc2c(N)ncnc21. The van der Waals surface area contributed by atoms with Gasteiger partial charge in [-0.05, 0) is 30.8 Å². The highest BCUT2D eigenvalue weighted by atomic mass is 32.2. The molecule has 0 radical (unpaired) electrons. The van der Waals surface area contributed by atoms with Crippen molar-refractivity contribution in [3.05, 3.63) is 36.9 Å². The zero-order chi connectivity index (χ0) is 20.5.